The van der Waals surface area contributed by atoms with Crippen LogP contribution in [0.25, 0.3) is 0 Å². The Kier molecular flexibility index (Phi) is 5.13. The summed E-state index contributed by atoms with van der Waals surface area (Å²) in [6.45, 7) is 10.0. The van der Waals surface area contributed by atoms with Crippen molar-refractivity contribution in [2.75, 3.05) is 0 Å². The van der Waals surface area contributed by atoms with Crippen molar-refractivity contribution in [1.29, 1.82) is 0 Å². The van der Waals surface area contributed by atoms with Gasteiger partial charge in [0, 0.05) is 18.0 Å². The van der Waals surface area contributed by atoms with Crippen molar-refractivity contribution in [3.8, 4) is 0 Å². The summed E-state index contributed by atoms with van der Waals surface area (Å²) in [6.07, 6.45) is 1.52. The number of hydrogen-bond donors (Lipinski definition) is 2. The number of amides is 1. The molecule has 3 N–H and O–H groups in total. The van der Waals surface area contributed by atoms with Gasteiger partial charge in [0.25, 0.3) is 0 Å². The number of carbonyl (C=O) groups excluding carboxylic acids is 1. The third-order valence-electron chi connectivity index (χ3n) is 2.55. The summed E-state index contributed by atoms with van der Waals surface area (Å²) >= 11 is 0. The van der Waals surface area contributed by atoms with Gasteiger partial charge >= 0.3 is 0 Å². The predicted molar refractivity (Wildman–Crippen MR) is 59.9 cm³/mol. The lowest BCUT2D eigenvalue weighted by molar-refractivity contribution is -0.123. The highest BCUT2D eigenvalue weighted by Gasteiger charge is 2.24. The first-order chi connectivity index (χ1) is 6.25. The van der Waals surface area contributed by atoms with Gasteiger partial charge in [0.15, 0.2) is 0 Å². The first kappa shape index (κ1) is 13.4. The summed E-state index contributed by atoms with van der Waals surface area (Å²) in [7, 11) is 0. The zero-order valence-electron chi connectivity index (χ0n) is 10.1. The molecule has 0 aliphatic heterocycles. The second-order valence-corrected chi connectivity index (χ2v) is 4.99. The zero-order valence-corrected chi connectivity index (χ0v) is 10.1. The molecule has 1 amide bonds. The van der Waals surface area contributed by atoms with Crippen LogP contribution in [0.2, 0.25) is 0 Å². The SMILES string of the molecule is CC(C)CCC(=O)NC(C)(C)C(C)N. The quantitative estimate of drug-likeness (QED) is 0.709. The van der Waals surface area contributed by atoms with Crippen molar-refractivity contribution >= 4 is 5.91 Å². The lowest BCUT2D eigenvalue weighted by Gasteiger charge is -2.30. The van der Waals surface area contributed by atoms with Gasteiger partial charge in [0.05, 0.1) is 0 Å². The van der Waals surface area contributed by atoms with Gasteiger partial charge in [-0.3, -0.25) is 4.79 Å². The first-order valence-corrected chi connectivity index (χ1v) is 5.32. The maximum absolute atomic E-state index is 11.5. The number of nitrogens with one attached hydrogen (secondary N) is 1. The van der Waals surface area contributed by atoms with Crippen LogP contribution in [-0.2, 0) is 4.79 Å². The molecular weight excluding hydrogens is 176 g/mol. The molecule has 0 bridgehead atoms. The fourth-order valence-electron chi connectivity index (χ4n) is 0.955. The minimum absolute atomic E-state index is 0.0366. The molecule has 3 heteroatoms. The molecule has 0 saturated heterocycles. The first-order valence-electron chi connectivity index (χ1n) is 5.32. The number of nitrogens with two attached hydrogens (primary N) is 1. The summed E-state index contributed by atoms with van der Waals surface area (Å²) < 4.78 is 0. The monoisotopic (exact) mass is 200 g/mol. The minimum Gasteiger partial charge on any atom is -0.350 e. The van der Waals surface area contributed by atoms with Gasteiger partial charge in [-0.2, -0.15) is 0 Å². The van der Waals surface area contributed by atoms with Crippen LogP contribution in [0.3, 0.4) is 0 Å². The van der Waals surface area contributed by atoms with Crippen molar-refractivity contribution in [3.05, 3.63) is 0 Å². The second-order valence-electron chi connectivity index (χ2n) is 4.99. The summed E-state index contributed by atoms with van der Waals surface area (Å²) in [5.41, 5.74) is 5.45. The molecule has 0 aliphatic carbocycles. The standard InChI is InChI=1S/C11H24N2O/c1-8(2)6-7-10(14)13-11(4,5)9(3)12/h8-9H,6-7,12H2,1-5H3,(H,13,14). The Morgan fingerprint density at radius 1 is 1.36 bits per heavy atom. The summed E-state index contributed by atoms with van der Waals surface area (Å²) in [6, 6.07) is -0.0366. The fraction of sp³-hybridized carbons (Fsp3) is 0.909. The Bertz CT molecular complexity index is 186. The summed E-state index contributed by atoms with van der Waals surface area (Å²) in [5, 5.41) is 2.95. The van der Waals surface area contributed by atoms with E-state index >= 15 is 0 Å². The van der Waals surface area contributed by atoms with E-state index in [4.69, 9.17) is 5.73 Å². The van der Waals surface area contributed by atoms with Crippen LogP contribution in [0.15, 0.2) is 0 Å². The van der Waals surface area contributed by atoms with Gasteiger partial charge in [-0.05, 0) is 33.1 Å². The van der Waals surface area contributed by atoms with Gasteiger partial charge in [0.2, 0.25) is 5.91 Å². The molecule has 0 radical (unpaired) electrons. The molecule has 0 aromatic rings. The maximum Gasteiger partial charge on any atom is 0.220 e. The number of carbonyl (C=O) groups is 1. The van der Waals surface area contributed by atoms with Crippen molar-refractivity contribution in [2.24, 2.45) is 11.7 Å². The second kappa shape index (κ2) is 5.35. The van der Waals surface area contributed by atoms with E-state index in [1.165, 1.54) is 0 Å². The molecule has 0 aromatic heterocycles. The molecule has 0 rings (SSSR count). The van der Waals surface area contributed by atoms with Gasteiger partial charge in [-0.1, -0.05) is 13.8 Å². The van der Waals surface area contributed by atoms with Crippen molar-refractivity contribution in [1.82, 2.24) is 5.32 Å². The van der Waals surface area contributed by atoms with E-state index in [-0.39, 0.29) is 17.5 Å². The van der Waals surface area contributed by atoms with Gasteiger partial charge in [0.1, 0.15) is 0 Å². The van der Waals surface area contributed by atoms with Crippen molar-refractivity contribution in [2.45, 2.75) is 59.0 Å². The van der Waals surface area contributed by atoms with Crippen molar-refractivity contribution in [3.63, 3.8) is 0 Å². The molecule has 0 fully saturated rings. The third kappa shape index (κ3) is 5.22. The van der Waals surface area contributed by atoms with Crippen LogP contribution in [-0.4, -0.2) is 17.5 Å². The molecule has 0 spiro atoms. The smallest absolute Gasteiger partial charge is 0.220 e. The highest BCUT2D eigenvalue weighted by atomic mass is 16.1. The Hall–Kier alpha value is -0.570. The van der Waals surface area contributed by atoms with E-state index < -0.39 is 0 Å². The molecule has 1 unspecified atom stereocenters. The van der Waals surface area contributed by atoms with E-state index in [0.717, 1.165) is 6.42 Å². The maximum atomic E-state index is 11.5. The lowest BCUT2D eigenvalue weighted by atomic mass is 9.96. The van der Waals surface area contributed by atoms with Crippen LogP contribution in [0.4, 0.5) is 0 Å². The van der Waals surface area contributed by atoms with E-state index in [1.54, 1.807) is 0 Å². The van der Waals surface area contributed by atoms with E-state index in [1.807, 2.05) is 20.8 Å². The van der Waals surface area contributed by atoms with Crippen LogP contribution >= 0.6 is 0 Å². The third-order valence-corrected chi connectivity index (χ3v) is 2.55. The molecule has 0 aromatic carbocycles. The molecule has 14 heavy (non-hydrogen) atoms. The highest BCUT2D eigenvalue weighted by Crippen LogP contribution is 2.09. The molecule has 1 atom stereocenters. The topological polar surface area (TPSA) is 55.1 Å². The molecule has 0 saturated carbocycles. The number of hydrogen-bond acceptors (Lipinski definition) is 2. The normalized spacial score (nSPS) is 14.2. The van der Waals surface area contributed by atoms with Crippen LogP contribution in [0.5, 0.6) is 0 Å². The highest BCUT2D eigenvalue weighted by molar-refractivity contribution is 5.76. The minimum atomic E-state index is -0.311. The largest absolute Gasteiger partial charge is 0.350 e. The van der Waals surface area contributed by atoms with E-state index in [2.05, 4.69) is 19.2 Å². The van der Waals surface area contributed by atoms with E-state index in [0.29, 0.717) is 12.3 Å². The van der Waals surface area contributed by atoms with Gasteiger partial charge in [-0.25, -0.2) is 0 Å². The summed E-state index contributed by atoms with van der Waals surface area (Å²) in [5.74, 6) is 0.667. The molecule has 3 nitrogen and oxygen atoms in total. The van der Waals surface area contributed by atoms with Gasteiger partial charge in [-0.15, -0.1) is 0 Å². The Morgan fingerprint density at radius 3 is 2.21 bits per heavy atom. The Labute approximate surface area is 87.4 Å². The van der Waals surface area contributed by atoms with Crippen molar-refractivity contribution < 1.29 is 4.79 Å². The average molecular weight is 200 g/mol. The lowest BCUT2D eigenvalue weighted by Crippen LogP contribution is -2.54. The fourth-order valence-corrected chi connectivity index (χ4v) is 0.955. The zero-order chi connectivity index (χ0) is 11.4. The molecule has 84 valence electrons. The van der Waals surface area contributed by atoms with E-state index in [9.17, 15) is 4.79 Å². The molecule has 0 aliphatic rings. The molecular formula is C11H24N2O. The van der Waals surface area contributed by atoms with Crippen LogP contribution in [0.1, 0.15) is 47.5 Å². The number of rotatable bonds is 5. The Morgan fingerprint density at radius 2 is 1.86 bits per heavy atom. The Balaban J connectivity index is 3.94. The van der Waals surface area contributed by atoms with Gasteiger partial charge < -0.3 is 11.1 Å². The summed E-state index contributed by atoms with van der Waals surface area (Å²) in [4.78, 5) is 11.5. The molecule has 0 heterocycles. The van der Waals surface area contributed by atoms with Crippen LogP contribution in [0, 0.1) is 5.92 Å². The van der Waals surface area contributed by atoms with Crippen LogP contribution < -0.4 is 11.1 Å². The average Bonchev–Trinajstić information content (AvgIpc) is 1.99. The predicted octanol–water partition coefficient (Wildman–Crippen LogP) is 1.66.